The summed E-state index contributed by atoms with van der Waals surface area (Å²) in [4.78, 5) is 0.258. The summed E-state index contributed by atoms with van der Waals surface area (Å²) in [5.41, 5.74) is 6.80. The van der Waals surface area contributed by atoms with Gasteiger partial charge in [0.2, 0.25) is 0 Å². The Bertz CT molecular complexity index is 580. The molecule has 0 unspecified atom stereocenters. The van der Waals surface area contributed by atoms with Crippen LogP contribution in [0.1, 0.15) is 18.4 Å². The molecular formula is C12H17N3O2S2. The maximum absolute atomic E-state index is 12.4. The van der Waals surface area contributed by atoms with E-state index < -0.39 is 10.2 Å². The molecule has 0 radical (unpaired) electrons. The normalized spacial score (nSPS) is 16.5. The summed E-state index contributed by atoms with van der Waals surface area (Å²) in [5.74, 6) is 0. The van der Waals surface area contributed by atoms with Crippen molar-refractivity contribution in [2.24, 2.45) is 5.73 Å². The second kappa shape index (κ2) is 5.44. The summed E-state index contributed by atoms with van der Waals surface area (Å²) < 4.78 is 27.6. The Morgan fingerprint density at radius 3 is 2.58 bits per heavy atom. The zero-order valence-corrected chi connectivity index (χ0v) is 12.4. The Kier molecular flexibility index (Phi) is 4.07. The lowest BCUT2D eigenvalue weighted by Crippen LogP contribution is -2.40. The van der Waals surface area contributed by atoms with E-state index in [-0.39, 0.29) is 4.99 Å². The summed E-state index contributed by atoms with van der Waals surface area (Å²) in [7, 11) is -1.90. The molecular weight excluding hydrogens is 282 g/mol. The van der Waals surface area contributed by atoms with Crippen LogP contribution in [0.2, 0.25) is 0 Å². The molecule has 19 heavy (non-hydrogen) atoms. The third-order valence-corrected chi connectivity index (χ3v) is 5.39. The van der Waals surface area contributed by atoms with Gasteiger partial charge in [0.15, 0.2) is 0 Å². The van der Waals surface area contributed by atoms with Crippen LogP contribution in [0, 0.1) is 0 Å². The van der Waals surface area contributed by atoms with Gasteiger partial charge in [-0.05, 0) is 25.0 Å². The van der Waals surface area contributed by atoms with Crippen LogP contribution in [0.15, 0.2) is 24.3 Å². The Labute approximate surface area is 119 Å². The second-order valence-electron chi connectivity index (χ2n) is 4.50. The van der Waals surface area contributed by atoms with E-state index in [9.17, 15) is 8.42 Å². The summed E-state index contributed by atoms with van der Waals surface area (Å²) in [6, 6.07) is 6.94. The average molecular weight is 299 g/mol. The summed E-state index contributed by atoms with van der Waals surface area (Å²) in [6.07, 6.45) is 1.83. The maximum atomic E-state index is 12.4. The number of hydrogen-bond donors (Lipinski definition) is 1. The molecule has 0 saturated carbocycles. The Hall–Kier alpha value is -1.18. The third kappa shape index (κ3) is 2.88. The molecule has 1 aliphatic heterocycles. The van der Waals surface area contributed by atoms with E-state index in [0.29, 0.717) is 24.3 Å². The monoisotopic (exact) mass is 299 g/mol. The molecule has 2 rings (SSSR count). The highest BCUT2D eigenvalue weighted by Gasteiger charge is 2.29. The van der Waals surface area contributed by atoms with Crippen molar-refractivity contribution in [1.29, 1.82) is 0 Å². The molecule has 2 N–H and O–H groups in total. The predicted molar refractivity (Wildman–Crippen MR) is 80.5 cm³/mol. The molecule has 0 spiro atoms. The number of rotatable bonds is 4. The second-order valence-corrected chi connectivity index (χ2v) is 6.90. The van der Waals surface area contributed by atoms with Gasteiger partial charge in [-0.1, -0.05) is 24.4 Å². The number of nitrogens with two attached hydrogens (primary N) is 1. The van der Waals surface area contributed by atoms with Gasteiger partial charge in [0.25, 0.3) is 0 Å². The van der Waals surface area contributed by atoms with Crippen molar-refractivity contribution in [2.45, 2.75) is 12.8 Å². The van der Waals surface area contributed by atoms with Crippen molar-refractivity contribution < 1.29 is 8.42 Å². The van der Waals surface area contributed by atoms with E-state index >= 15 is 0 Å². The van der Waals surface area contributed by atoms with E-state index in [1.54, 1.807) is 31.3 Å². The fourth-order valence-corrected chi connectivity index (χ4v) is 3.65. The van der Waals surface area contributed by atoms with E-state index in [2.05, 4.69) is 0 Å². The first-order valence-corrected chi connectivity index (χ1v) is 7.87. The van der Waals surface area contributed by atoms with Gasteiger partial charge in [0.05, 0.1) is 5.69 Å². The minimum atomic E-state index is -3.45. The first-order valence-electron chi connectivity index (χ1n) is 6.07. The maximum Gasteiger partial charge on any atom is 0.303 e. The van der Waals surface area contributed by atoms with Crippen molar-refractivity contribution in [2.75, 3.05) is 24.4 Å². The minimum absolute atomic E-state index is 0.258. The van der Waals surface area contributed by atoms with E-state index in [1.165, 1.54) is 8.61 Å². The molecule has 0 aliphatic carbocycles. The lowest BCUT2D eigenvalue weighted by Gasteiger charge is -2.25. The fraction of sp³-hybridized carbons (Fsp3) is 0.417. The van der Waals surface area contributed by atoms with Gasteiger partial charge < -0.3 is 5.73 Å². The van der Waals surface area contributed by atoms with Crippen LogP contribution in [-0.2, 0) is 10.2 Å². The number of hydrogen-bond acceptors (Lipinski definition) is 3. The summed E-state index contributed by atoms with van der Waals surface area (Å²) >= 11 is 4.91. The van der Waals surface area contributed by atoms with Crippen molar-refractivity contribution in [3.8, 4) is 0 Å². The van der Waals surface area contributed by atoms with Crippen molar-refractivity contribution in [1.82, 2.24) is 4.31 Å². The quantitative estimate of drug-likeness (QED) is 0.845. The first-order chi connectivity index (χ1) is 8.93. The van der Waals surface area contributed by atoms with E-state index in [0.717, 1.165) is 12.8 Å². The molecule has 0 atom stereocenters. The van der Waals surface area contributed by atoms with Crippen LogP contribution in [0.25, 0.3) is 0 Å². The third-order valence-electron chi connectivity index (χ3n) is 3.23. The molecule has 1 fully saturated rings. The van der Waals surface area contributed by atoms with Crippen LogP contribution >= 0.6 is 12.2 Å². The topological polar surface area (TPSA) is 66.6 Å². The summed E-state index contributed by atoms with van der Waals surface area (Å²) in [6.45, 7) is 1.17. The molecule has 1 heterocycles. The van der Waals surface area contributed by atoms with E-state index in [1.807, 2.05) is 0 Å². The smallest absolute Gasteiger partial charge is 0.303 e. The lowest BCUT2D eigenvalue weighted by atomic mass is 10.2. The van der Waals surface area contributed by atoms with Crippen LogP contribution in [0.4, 0.5) is 5.69 Å². The SMILES string of the molecule is CN(c1cccc(C(N)=S)c1)S(=O)(=O)N1CCCC1. The number of benzene rings is 1. The first kappa shape index (κ1) is 14.2. The van der Waals surface area contributed by atoms with E-state index in [4.69, 9.17) is 18.0 Å². The fourth-order valence-electron chi connectivity index (χ4n) is 2.08. The molecule has 0 aromatic heterocycles. The van der Waals surface area contributed by atoms with Crippen molar-refractivity contribution in [3.63, 3.8) is 0 Å². The van der Waals surface area contributed by atoms with Crippen LogP contribution < -0.4 is 10.0 Å². The highest BCUT2D eigenvalue weighted by atomic mass is 32.2. The van der Waals surface area contributed by atoms with Gasteiger partial charge in [-0.2, -0.15) is 12.7 Å². The zero-order valence-electron chi connectivity index (χ0n) is 10.7. The molecule has 1 aromatic carbocycles. The molecule has 7 heteroatoms. The van der Waals surface area contributed by atoms with Gasteiger partial charge in [0.1, 0.15) is 4.99 Å². The van der Waals surface area contributed by atoms with Gasteiger partial charge >= 0.3 is 10.2 Å². The van der Waals surface area contributed by atoms with Crippen LogP contribution in [0.5, 0.6) is 0 Å². The molecule has 104 valence electrons. The Morgan fingerprint density at radius 1 is 1.37 bits per heavy atom. The largest absolute Gasteiger partial charge is 0.389 e. The average Bonchev–Trinajstić information content (AvgIpc) is 2.92. The molecule has 1 saturated heterocycles. The van der Waals surface area contributed by atoms with Crippen molar-refractivity contribution in [3.05, 3.63) is 29.8 Å². The van der Waals surface area contributed by atoms with Gasteiger partial charge in [-0.15, -0.1) is 0 Å². The number of thiocarbonyl (C=S) groups is 1. The van der Waals surface area contributed by atoms with Gasteiger partial charge in [0, 0.05) is 25.7 Å². The molecule has 0 bridgehead atoms. The van der Waals surface area contributed by atoms with Crippen LogP contribution in [-0.4, -0.2) is 37.8 Å². The minimum Gasteiger partial charge on any atom is -0.389 e. The van der Waals surface area contributed by atoms with Gasteiger partial charge in [-0.25, -0.2) is 0 Å². The highest BCUT2D eigenvalue weighted by molar-refractivity contribution is 7.90. The Balaban J connectivity index is 2.30. The molecule has 1 aromatic rings. The highest BCUT2D eigenvalue weighted by Crippen LogP contribution is 2.22. The van der Waals surface area contributed by atoms with Crippen LogP contribution in [0.3, 0.4) is 0 Å². The zero-order chi connectivity index (χ0) is 14.0. The molecule has 5 nitrogen and oxygen atoms in total. The molecule has 0 amide bonds. The predicted octanol–water partition coefficient (Wildman–Crippen LogP) is 1.10. The molecule has 1 aliphatic rings. The summed E-state index contributed by atoms with van der Waals surface area (Å²) in [5, 5.41) is 0. The van der Waals surface area contributed by atoms with Gasteiger partial charge in [-0.3, -0.25) is 4.31 Å². The standard InChI is InChI=1S/C12H17N3O2S2/c1-14(19(16,17)15-7-2-3-8-15)11-6-4-5-10(9-11)12(13)18/h4-6,9H,2-3,7-8H2,1H3,(H2,13,18). The van der Waals surface area contributed by atoms with Crippen molar-refractivity contribution >= 4 is 33.1 Å². The number of anilines is 1. The Morgan fingerprint density at radius 2 is 2.00 bits per heavy atom. The number of nitrogens with zero attached hydrogens (tertiary/aromatic N) is 2. The lowest BCUT2D eigenvalue weighted by molar-refractivity contribution is 0.476.